The first-order chi connectivity index (χ1) is 8.06. The number of nitrogens with one attached hydrogen (secondary N) is 1. The van der Waals surface area contributed by atoms with Crippen LogP contribution in [0.15, 0.2) is 18.2 Å². The molecule has 6 heteroatoms. The standard InChI is InChI=1S/C11H13FN2O2S/c1-7-4-9(6-17-7)13-10-5-8(12)2-3-11(10)14(15)16/h2-3,5,7,9,13H,4,6H2,1H3. The van der Waals surface area contributed by atoms with Gasteiger partial charge in [0, 0.05) is 29.2 Å². The Labute approximate surface area is 103 Å². The Bertz CT molecular complexity index is 441. The molecule has 1 fully saturated rings. The summed E-state index contributed by atoms with van der Waals surface area (Å²) in [6.07, 6.45) is 0.943. The number of thioether (sulfide) groups is 1. The third-order valence-electron chi connectivity index (χ3n) is 2.71. The Morgan fingerprint density at radius 3 is 2.94 bits per heavy atom. The van der Waals surface area contributed by atoms with Crippen LogP contribution in [-0.2, 0) is 0 Å². The summed E-state index contributed by atoms with van der Waals surface area (Å²) in [7, 11) is 0. The van der Waals surface area contributed by atoms with E-state index in [4.69, 9.17) is 0 Å². The summed E-state index contributed by atoms with van der Waals surface area (Å²) < 4.78 is 13.1. The number of hydrogen-bond acceptors (Lipinski definition) is 4. The lowest BCUT2D eigenvalue weighted by molar-refractivity contribution is -0.384. The SMILES string of the molecule is CC1CC(Nc2cc(F)ccc2[N+](=O)[O-])CS1. The van der Waals surface area contributed by atoms with Gasteiger partial charge in [0.2, 0.25) is 0 Å². The fraction of sp³-hybridized carbons (Fsp3) is 0.455. The van der Waals surface area contributed by atoms with Crippen LogP contribution in [0.4, 0.5) is 15.8 Å². The fourth-order valence-corrected chi connectivity index (χ4v) is 3.07. The molecule has 17 heavy (non-hydrogen) atoms. The number of nitro benzene ring substituents is 1. The van der Waals surface area contributed by atoms with Gasteiger partial charge in [-0.15, -0.1) is 0 Å². The Morgan fingerprint density at radius 2 is 2.35 bits per heavy atom. The minimum atomic E-state index is -0.493. The van der Waals surface area contributed by atoms with E-state index < -0.39 is 10.7 Å². The lowest BCUT2D eigenvalue weighted by Gasteiger charge is -2.13. The highest BCUT2D eigenvalue weighted by Gasteiger charge is 2.24. The lowest BCUT2D eigenvalue weighted by atomic mass is 10.1. The zero-order valence-corrected chi connectivity index (χ0v) is 10.2. The lowest BCUT2D eigenvalue weighted by Crippen LogP contribution is -2.19. The molecule has 1 aliphatic heterocycles. The van der Waals surface area contributed by atoms with Crippen LogP contribution in [0.2, 0.25) is 0 Å². The molecule has 0 aliphatic carbocycles. The topological polar surface area (TPSA) is 55.2 Å². The molecule has 0 aromatic heterocycles. The van der Waals surface area contributed by atoms with Crippen molar-refractivity contribution in [1.29, 1.82) is 0 Å². The van der Waals surface area contributed by atoms with Gasteiger partial charge in [0.15, 0.2) is 0 Å². The van der Waals surface area contributed by atoms with Crippen LogP contribution in [0.1, 0.15) is 13.3 Å². The first-order valence-corrected chi connectivity index (χ1v) is 6.43. The van der Waals surface area contributed by atoms with Gasteiger partial charge < -0.3 is 5.32 Å². The highest BCUT2D eigenvalue weighted by atomic mass is 32.2. The van der Waals surface area contributed by atoms with Crippen LogP contribution in [0.5, 0.6) is 0 Å². The molecule has 0 saturated carbocycles. The maximum atomic E-state index is 13.1. The Morgan fingerprint density at radius 1 is 1.59 bits per heavy atom. The molecule has 1 N–H and O–H groups in total. The van der Waals surface area contributed by atoms with Gasteiger partial charge in [0.1, 0.15) is 11.5 Å². The van der Waals surface area contributed by atoms with Crippen LogP contribution in [-0.4, -0.2) is 22.0 Å². The maximum absolute atomic E-state index is 13.1. The average molecular weight is 256 g/mol. The number of nitro groups is 1. The second-order valence-corrected chi connectivity index (χ2v) is 5.61. The van der Waals surface area contributed by atoms with Crippen LogP contribution in [0.3, 0.4) is 0 Å². The first kappa shape index (κ1) is 12.2. The first-order valence-electron chi connectivity index (χ1n) is 5.38. The van der Waals surface area contributed by atoms with E-state index in [-0.39, 0.29) is 17.4 Å². The number of halogens is 1. The zero-order valence-electron chi connectivity index (χ0n) is 9.35. The summed E-state index contributed by atoms with van der Waals surface area (Å²) >= 11 is 1.82. The summed E-state index contributed by atoms with van der Waals surface area (Å²) in [4.78, 5) is 10.3. The van der Waals surface area contributed by atoms with Gasteiger partial charge in [-0.3, -0.25) is 10.1 Å². The monoisotopic (exact) mass is 256 g/mol. The third kappa shape index (κ3) is 2.88. The quantitative estimate of drug-likeness (QED) is 0.667. The average Bonchev–Trinajstić information content (AvgIpc) is 2.63. The summed E-state index contributed by atoms with van der Waals surface area (Å²) in [5.41, 5.74) is 0.200. The number of nitrogens with zero attached hydrogens (tertiary/aromatic N) is 1. The molecule has 4 nitrogen and oxygen atoms in total. The summed E-state index contributed by atoms with van der Waals surface area (Å²) in [6, 6.07) is 3.67. The summed E-state index contributed by atoms with van der Waals surface area (Å²) in [5.74, 6) is 0.436. The van der Waals surface area contributed by atoms with Crippen molar-refractivity contribution in [1.82, 2.24) is 0 Å². The molecular weight excluding hydrogens is 243 g/mol. The molecule has 1 saturated heterocycles. The second-order valence-electron chi connectivity index (χ2n) is 4.14. The van der Waals surface area contributed by atoms with Crippen molar-refractivity contribution in [2.75, 3.05) is 11.1 Å². The van der Waals surface area contributed by atoms with Crippen LogP contribution >= 0.6 is 11.8 Å². The zero-order chi connectivity index (χ0) is 12.4. The maximum Gasteiger partial charge on any atom is 0.292 e. The van der Waals surface area contributed by atoms with Crippen LogP contribution in [0, 0.1) is 15.9 Å². The largest absolute Gasteiger partial charge is 0.376 e. The minimum Gasteiger partial charge on any atom is -0.376 e. The molecule has 0 bridgehead atoms. The van der Waals surface area contributed by atoms with Gasteiger partial charge in [-0.1, -0.05) is 6.92 Å². The Kier molecular flexibility index (Phi) is 3.51. The number of anilines is 1. The highest BCUT2D eigenvalue weighted by molar-refractivity contribution is 8.00. The van der Waals surface area contributed by atoms with E-state index in [1.54, 1.807) is 0 Å². The predicted molar refractivity (Wildman–Crippen MR) is 67.0 cm³/mol. The molecular formula is C11H13FN2O2S. The molecule has 2 rings (SSSR count). The molecule has 2 unspecified atom stereocenters. The van der Waals surface area contributed by atoms with E-state index in [9.17, 15) is 14.5 Å². The van der Waals surface area contributed by atoms with E-state index >= 15 is 0 Å². The van der Waals surface area contributed by atoms with E-state index in [0.29, 0.717) is 5.25 Å². The Hall–Kier alpha value is -1.30. The van der Waals surface area contributed by atoms with Crippen molar-refractivity contribution in [2.45, 2.75) is 24.6 Å². The van der Waals surface area contributed by atoms with Crippen molar-refractivity contribution in [3.8, 4) is 0 Å². The predicted octanol–water partition coefficient (Wildman–Crippen LogP) is 3.04. The van der Waals surface area contributed by atoms with Crippen molar-refractivity contribution in [3.05, 3.63) is 34.1 Å². The molecule has 0 amide bonds. The van der Waals surface area contributed by atoms with E-state index in [1.807, 2.05) is 11.8 Å². The van der Waals surface area contributed by atoms with Gasteiger partial charge in [0.05, 0.1) is 4.92 Å². The number of hydrogen-bond donors (Lipinski definition) is 1. The second kappa shape index (κ2) is 4.91. The van der Waals surface area contributed by atoms with Gasteiger partial charge in [-0.05, 0) is 12.5 Å². The van der Waals surface area contributed by atoms with Crippen LogP contribution < -0.4 is 5.32 Å². The van der Waals surface area contributed by atoms with Gasteiger partial charge in [-0.2, -0.15) is 11.8 Å². The van der Waals surface area contributed by atoms with Crippen molar-refractivity contribution in [2.24, 2.45) is 0 Å². The van der Waals surface area contributed by atoms with Crippen molar-refractivity contribution >= 4 is 23.1 Å². The molecule has 0 spiro atoms. The molecule has 92 valence electrons. The van der Waals surface area contributed by atoms with Gasteiger partial charge in [-0.25, -0.2) is 4.39 Å². The number of benzene rings is 1. The molecule has 1 aromatic rings. The third-order valence-corrected chi connectivity index (χ3v) is 4.07. The number of rotatable bonds is 3. The Balaban J connectivity index is 2.19. The minimum absolute atomic E-state index is 0.0732. The fourth-order valence-electron chi connectivity index (χ4n) is 1.92. The smallest absolute Gasteiger partial charge is 0.292 e. The molecule has 1 aromatic carbocycles. The highest BCUT2D eigenvalue weighted by Crippen LogP contribution is 2.31. The van der Waals surface area contributed by atoms with Crippen molar-refractivity contribution in [3.63, 3.8) is 0 Å². The summed E-state index contributed by atoms with van der Waals surface area (Å²) in [5, 5.41) is 14.4. The van der Waals surface area contributed by atoms with Crippen molar-refractivity contribution < 1.29 is 9.31 Å². The molecule has 2 atom stereocenters. The van der Waals surface area contributed by atoms with E-state index in [0.717, 1.165) is 18.2 Å². The summed E-state index contributed by atoms with van der Waals surface area (Å²) in [6.45, 7) is 2.12. The molecule has 1 heterocycles. The van der Waals surface area contributed by atoms with Crippen LogP contribution in [0.25, 0.3) is 0 Å². The molecule has 1 aliphatic rings. The van der Waals surface area contributed by atoms with Gasteiger partial charge >= 0.3 is 0 Å². The normalized spacial score (nSPS) is 23.6. The van der Waals surface area contributed by atoms with E-state index in [2.05, 4.69) is 12.2 Å². The molecule has 0 radical (unpaired) electrons. The van der Waals surface area contributed by atoms with Gasteiger partial charge in [0.25, 0.3) is 5.69 Å². The van der Waals surface area contributed by atoms with E-state index in [1.165, 1.54) is 12.1 Å².